The van der Waals surface area contributed by atoms with E-state index >= 15 is 0 Å². The number of hydrogen-bond donors (Lipinski definition) is 1. The molecule has 1 saturated heterocycles. The molecule has 4 rings (SSSR count). The molecule has 2 heterocycles. The first kappa shape index (κ1) is 22.3. The minimum absolute atomic E-state index is 0.0156. The van der Waals surface area contributed by atoms with E-state index in [9.17, 15) is 14.7 Å². The summed E-state index contributed by atoms with van der Waals surface area (Å²) >= 11 is 0. The number of carbonyl (C=O) groups excluding carboxylic acids is 2. The van der Waals surface area contributed by atoms with Crippen LogP contribution in [0.2, 0.25) is 0 Å². The van der Waals surface area contributed by atoms with E-state index in [2.05, 4.69) is 4.98 Å². The van der Waals surface area contributed by atoms with Crippen LogP contribution in [0.3, 0.4) is 0 Å². The van der Waals surface area contributed by atoms with Crippen LogP contribution < -0.4 is 9.64 Å². The second kappa shape index (κ2) is 8.90. The molecule has 1 aliphatic heterocycles. The van der Waals surface area contributed by atoms with E-state index in [1.54, 1.807) is 55.8 Å². The van der Waals surface area contributed by atoms with Gasteiger partial charge in [-0.3, -0.25) is 19.5 Å². The number of amides is 1. The fourth-order valence-corrected chi connectivity index (χ4v) is 4.22. The lowest BCUT2D eigenvalue weighted by atomic mass is 9.94. The van der Waals surface area contributed by atoms with Gasteiger partial charge in [-0.2, -0.15) is 0 Å². The normalized spacial score (nSPS) is 17.6. The Labute approximate surface area is 193 Å². The molecular weight excluding hydrogens is 416 g/mol. The Morgan fingerprint density at radius 1 is 1.06 bits per heavy atom. The highest BCUT2D eigenvalue weighted by molar-refractivity contribution is 6.51. The lowest BCUT2D eigenvalue weighted by Crippen LogP contribution is -2.30. The van der Waals surface area contributed by atoms with Crippen molar-refractivity contribution in [2.24, 2.45) is 0 Å². The zero-order valence-electron chi connectivity index (χ0n) is 19.1. The number of aliphatic hydroxyl groups is 1. The average Bonchev–Trinajstić information content (AvgIpc) is 3.09. The van der Waals surface area contributed by atoms with Gasteiger partial charge in [-0.15, -0.1) is 0 Å². The minimum Gasteiger partial charge on any atom is -0.507 e. The fourth-order valence-electron chi connectivity index (χ4n) is 4.22. The van der Waals surface area contributed by atoms with E-state index in [4.69, 9.17) is 4.74 Å². The fraction of sp³-hybridized carbons (Fsp3) is 0.222. The lowest BCUT2D eigenvalue weighted by Gasteiger charge is -2.26. The maximum absolute atomic E-state index is 13.3. The predicted molar refractivity (Wildman–Crippen MR) is 127 cm³/mol. The van der Waals surface area contributed by atoms with Crippen LogP contribution in [0.4, 0.5) is 5.69 Å². The highest BCUT2D eigenvalue weighted by atomic mass is 16.5. The number of methoxy groups -OCH3 is 1. The van der Waals surface area contributed by atoms with Crippen molar-refractivity contribution in [3.63, 3.8) is 0 Å². The van der Waals surface area contributed by atoms with Crippen LogP contribution in [0.15, 0.2) is 72.4 Å². The summed E-state index contributed by atoms with van der Waals surface area (Å²) < 4.78 is 5.45. The van der Waals surface area contributed by atoms with Gasteiger partial charge in [0.15, 0.2) is 0 Å². The molecule has 0 saturated carbocycles. The summed E-state index contributed by atoms with van der Waals surface area (Å²) in [6.07, 6.45) is 1.61. The van der Waals surface area contributed by atoms with Crippen LogP contribution >= 0.6 is 0 Å². The number of rotatable bonds is 5. The number of anilines is 1. The Morgan fingerprint density at radius 3 is 2.42 bits per heavy atom. The Morgan fingerprint density at radius 2 is 1.79 bits per heavy atom. The van der Waals surface area contributed by atoms with Crippen LogP contribution in [-0.4, -0.2) is 28.9 Å². The summed E-state index contributed by atoms with van der Waals surface area (Å²) in [6, 6.07) is 17.1. The standard InChI is InChI=1S/C27H26N2O4/c1-16(2)19-15-18(12-13-22(19)33-4)25(30)23-24(20-10-7-8-14-28-20)29(27(32)26(23)31)21-11-6-5-9-17(21)3/h5-16,24,30H,1-4H3/b25-23-. The summed E-state index contributed by atoms with van der Waals surface area (Å²) in [5, 5.41) is 11.4. The molecule has 3 aromatic rings. The number of nitrogens with zero attached hydrogens (tertiary/aromatic N) is 2. The van der Waals surface area contributed by atoms with Crippen LogP contribution in [0, 0.1) is 6.92 Å². The van der Waals surface area contributed by atoms with Crippen LogP contribution in [0.25, 0.3) is 5.76 Å². The summed E-state index contributed by atoms with van der Waals surface area (Å²) in [4.78, 5) is 32.4. The van der Waals surface area contributed by atoms with Crippen molar-refractivity contribution in [1.82, 2.24) is 4.98 Å². The van der Waals surface area contributed by atoms with Gasteiger partial charge in [0.2, 0.25) is 0 Å². The van der Waals surface area contributed by atoms with Gasteiger partial charge < -0.3 is 9.84 Å². The molecule has 0 spiro atoms. The number of aryl methyl sites for hydroxylation is 1. The van der Waals surface area contributed by atoms with Crippen molar-refractivity contribution in [3.05, 3.63) is 94.8 Å². The van der Waals surface area contributed by atoms with Gasteiger partial charge in [0.1, 0.15) is 17.6 Å². The number of ketones is 1. The van der Waals surface area contributed by atoms with E-state index in [0.29, 0.717) is 22.7 Å². The molecule has 1 unspecified atom stereocenters. The third kappa shape index (κ3) is 3.89. The first-order chi connectivity index (χ1) is 15.8. The Balaban J connectivity index is 1.95. The molecule has 1 amide bonds. The van der Waals surface area contributed by atoms with Crippen molar-refractivity contribution in [1.29, 1.82) is 0 Å². The Bertz CT molecular complexity index is 1250. The molecule has 6 nitrogen and oxygen atoms in total. The molecule has 2 aromatic carbocycles. The van der Waals surface area contributed by atoms with E-state index < -0.39 is 17.7 Å². The maximum Gasteiger partial charge on any atom is 0.300 e. The highest BCUT2D eigenvalue weighted by Crippen LogP contribution is 2.43. The molecule has 0 bridgehead atoms. The topological polar surface area (TPSA) is 79.7 Å². The molecule has 33 heavy (non-hydrogen) atoms. The van der Waals surface area contributed by atoms with E-state index in [-0.39, 0.29) is 17.3 Å². The number of aliphatic hydroxyl groups excluding tert-OH is 1. The van der Waals surface area contributed by atoms with Crippen molar-refractivity contribution in [2.75, 3.05) is 12.0 Å². The number of Topliss-reactive ketones (excluding diaryl/α,β-unsaturated/α-hetero) is 1. The van der Waals surface area contributed by atoms with Crippen molar-refractivity contribution in [2.45, 2.75) is 32.7 Å². The molecule has 6 heteroatoms. The van der Waals surface area contributed by atoms with Gasteiger partial charge in [0.05, 0.1) is 18.4 Å². The monoisotopic (exact) mass is 442 g/mol. The van der Waals surface area contributed by atoms with Gasteiger partial charge in [0.25, 0.3) is 11.7 Å². The molecule has 1 aliphatic rings. The number of pyridine rings is 1. The predicted octanol–water partition coefficient (Wildman–Crippen LogP) is 5.15. The van der Waals surface area contributed by atoms with Crippen molar-refractivity contribution >= 4 is 23.1 Å². The molecule has 1 fully saturated rings. The van der Waals surface area contributed by atoms with Crippen molar-refractivity contribution < 1.29 is 19.4 Å². The first-order valence-corrected chi connectivity index (χ1v) is 10.8. The van der Waals surface area contributed by atoms with Gasteiger partial charge in [-0.1, -0.05) is 38.1 Å². The largest absolute Gasteiger partial charge is 0.507 e. The third-order valence-corrected chi connectivity index (χ3v) is 5.91. The zero-order chi connectivity index (χ0) is 23.7. The minimum atomic E-state index is -0.850. The lowest BCUT2D eigenvalue weighted by molar-refractivity contribution is -0.132. The Kier molecular flexibility index (Phi) is 6.01. The first-order valence-electron chi connectivity index (χ1n) is 10.8. The maximum atomic E-state index is 13.3. The van der Waals surface area contributed by atoms with Gasteiger partial charge in [0, 0.05) is 17.4 Å². The van der Waals surface area contributed by atoms with Crippen molar-refractivity contribution in [3.8, 4) is 5.75 Å². The molecule has 0 aliphatic carbocycles. The number of hydrogen-bond acceptors (Lipinski definition) is 5. The molecule has 1 aromatic heterocycles. The summed E-state index contributed by atoms with van der Waals surface area (Å²) in [7, 11) is 1.59. The number of ether oxygens (including phenoxy) is 1. The van der Waals surface area contributed by atoms with E-state index in [0.717, 1.165) is 11.1 Å². The number of benzene rings is 2. The van der Waals surface area contributed by atoms with E-state index in [1.807, 2.05) is 39.0 Å². The second-order valence-corrected chi connectivity index (χ2v) is 8.32. The summed E-state index contributed by atoms with van der Waals surface area (Å²) in [6.45, 7) is 5.92. The Hall–Kier alpha value is -3.93. The number of aromatic nitrogens is 1. The summed E-state index contributed by atoms with van der Waals surface area (Å²) in [5.41, 5.74) is 3.30. The smallest absolute Gasteiger partial charge is 0.300 e. The highest BCUT2D eigenvalue weighted by Gasteiger charge is 2.48. The van der Waals surface area contributed by atoms with Crippen LogP contribution in [0.5, 0.6) is 5.75 Å². The van der Waals surface area contributed by atoms with Crippen LogP contribution in [0.1, 0.15) is 48.2 Å². The van der Waals surface area contributed by atoms with E-state index in [1.165, 1.54) is 4.90 Å². The molecular formula is C27H26N2O4. The third-order valence-electron chi connectivity index (χ3n) is 5.91. The SMILES string of the molecule is COc1ccc(/C(O)=C2/C(=O)C(=O)N(c3ccccc3C)C2c2ccccn2)cc1C(C)C. The summed E-state index contributed by atoms with van der Waals surface area (Å²) in [5.74, 6) is -0.839. The second-order valence-electron chi connectivity index (χ2n) is 8.32. The average molecular weight is 443 g/mol. The quantitative estimate of drug-likeness (QED) is 0.336. The van der Waals surface area contributed by atoms with Gasteiger partial charge >= 0.3 is 0 Å². The molecule has 168 valence electrons. The molecule has 0 radical (unpaired) electrons. The molecule has 1 atom stereocenters. The van der Waals surface area contributed by atoms with Gasteiger partial charge in [-0.05, 0) is 60.4 Å². The zero-order valence-corrected chi connectivity index (χ0v) is 19.1. The molecule has 1 N–H and O–H groups in total. The van der Waals surface area contributed by atoms with Crippen LogP contribution in [-0.2, 0) is 9.59 Å². The number of para-hydroxylation sites is 1. The number of carbonyl (C=O) groups is 2. The van der Waals surface area contributed by atoms with Gasteiger partial charge in [-0.25, -0.2) is 0 Å².